The van der Waals surface area contributed by atoms with Gasteiger partial charge >= 0.3 is 0 Å². The highest BCUT2D eigenvalue weighted by Gasteiger charge is 2.26. The van der Waals surface area contributed by atoms with E-state index in [1.165, 1.54) is 36.8 Å². The highest BCUT2D eigenvalue weighted by Crippen LogP contribution is 2.36. The molecule has 1 aliphatic carbocycles. The maximum absolute atomic E-state index is 6.02. The largest absolute Gasteiger partial charge is 0.374 e. The van der Waals surface area contributed by atoms with Crippen molar-refractivity contribution in [2.45, 2.75) is 58.8 Å². The molecule has 0 unspecified atom stereocenters. The van der Waals surface area contributed by atoms with Crippen LogP contribution in [0.5, 0.6) is 0 Å². The third-order valence-corrected chi connectivity index (χ3v) is 4.00. The fourth-order valence-electron chi connectivity index (χ4n) is 2.60. The lowest BCUT2D eigenvalue weighted by atomic mass is 9.76. The molecule has 1 aromatic rings. The van der Waals surface area contributed by atoms with Gasteiger partial charge in [0, 0.05) is 6.54 Å². The van der Waals surface area contributed by atoms with Crippen molar-refractivity contribution in [3.05, 3.63) is 35.4 Å². The Morgan fingerprint density at radius 3 is 2.56 bits per heavy atom. The molecular weight excluding hydrogens is 222 g/mol. The Morgan fingerprint density at radius 1 is 1.22 bits per heavy atom. The summed E-state index contributed by atoms with van der Waals surface area (Å²) in [5.74, 6) is 0. The van der Waals surface area contributed by atoms with Crippen LogP contribution in [0.15, 0.2) is 24.3 Å². The number of benzene rings is 1. The second-order valence-electron chi connectivity index (χ2n) is 6.20. The summed E-state index contributed by atoms with van der Waals surface area (Å²) in [5, 5.41) is 0. The van der Waals surface area contributed by atoms with Crippen LogP contribution in [0.2, 0.25) is 0 Å². The van der Waals surface area contributed by atoms with Gasteiger partial charge in [-0.15, -0.1) is 0 Å². The molecule has 2 N–H and O–H groups in total. The Morgan fingerprint density at radius 2 is 1.89 bits per heavy atom. The van der Waals surface area contributed by atoms with Crippen LogP contribution in [-0.2, 0) is 17.9 Å². The SMILES string of the molecule is CC1(C)CCC(OCc2cccc(CN)c2)CC1. The van der Waals surface area contributed by atoms with Gasteiger partial charge < -0.3 is 10.5 Å². The summed E-state index contributed by atoms with van der Waals surface area (Å²) in [4.78, 5) is 0. The first-order valence-electron chi connectivity index (χ1n) is 6.98. The van der Waals surface area contributed by atoms with Crippen molar-refractivity contribution in [3.8, 4) is 0 Å². The van der Waals surface area contributed by atoms with Crippen LogP contribution in [0, 0.1) is 5.41 Å². The van der Waals surface area contributed by atoms with E-state index in [4.69, 9.17) is 10.5 Å². The lowest BCUT2D eigenvalue weighted by Crippen LogP contribution is -2.26. The summed E-state index contributed by atoms with van der Waals surface area (Å²) in [6.45, 7) is 6.03. The smallest absolute Gasteiger partial charge is 0.0720 e. The summed E-state index contributed by atoms with van der Waals surface area (Å²) in [6.07, 6.45) is 5.40. The van der Waals surface area contributed by atoms with Crippen molar-refractivity contribution in [1.29, 1.82) is 0 Å². The molecule has 0 atom stereocenters. The quantitative estimate of drug-likeness (QED) is 0.881. The van der Waals surface area contributed by atoms with Crippen LogP contribution in [0.25, 0.3) is 0 Å². The average molecular weight is 247 g/mol. The van der Waals surface area contributed by atoms with Gasteiger partial charge in [-0.05, 0) is 42.2 Å². The van der Waals surface area contributed by atoms with E-state index in [-0.39, 0.29) is 0 Å². The van der Waals surface area contributed by atoms with Gasteiger partial charge in [0.05, 0.1) is 12.7 Å². The van der Waals surface area contributed by atoms with Gasteiger partial charge in [-0.1, -0.05) is 38.1 Å². The van der Waals surface area contributed by atoms with Crippen molar-refractivity contribution < 1.29 is 4.74 Å². The lowest BCUT2D eigenvalue weighted by molar-refractivity contribution is -0.00560. The molecule has 0 bridgehead atoms. The first kappa shape index (κ1) is 13.6. The molecule has 1 saturated carbocycles. The minimum atomic E-state index is 0.444. The Hall–Kier alpha value is -0.860. The van der Waals surface area contributed by atoms with Crippen LogP contribution < -0.4 is 5.73 Å². The van der Waals surface area contributed by atoms with E-state index in [0.29, 0.717) is 18.1 Å². The fourth-order valence-corrected chi connectivity index (χ4v) is 2.60. The molecule has 0 amide bonds. The number of rotatable bonds is 4. The molecule has 1 aliphatic rings. The van der Waals surface area contributed by atoms with E-state index in [1.54, 1.807) is 0 Å². The number of ether oxygens (including phenoxy) is 1. The molecule has 18 heavy (non-hydrogen) atoms. The molecule has 1 fully saturated rings. The summed E-state index contributed by atoms with van der Waals surface area (Å²) in [7, 11) is 0. The zero-order valence-electron chi connectivity index (χ0n) is 11.6. The van der Waals surface area contributed by atoms with Crippen LogP contribution in [0.3, 0.4) is 0 Å². The number of hydrogen-bond acceptors (Lipinski definition) is 2. The van der Waals surface area contributed by atoms with Crippen molar-refractivity contribution in [1.82, 2.24) is 0 Å². The van der Waals surface area contributed by atoms with Crippen molar-refractivity contribution >= 4 is 0 Å². The topological polar surface area (TPSA) is 35.2 Å². The predicted octanol–water partition coefficient (Wildman–Crippen LogP) is 3.63. The van der Waals surface area contributed by atoms with Gasteiger partial charge in [-0.2, -0.15) is 0 Å². The molecular formula is C16H25NO. The Bertz CT molecular complexity index is 376. The van der Waals surface area contributed by atoms with Crippen LogP contribution in [0.1, 0.15) is 50.7 Å². The van der Waals surface area contributed by atoms with E-state index in [0.717, 1.165) is 6.61 Å². The summed E-state index contributed by atoms with van der Waals surface area (Å²) in [6, 6.07) is 8.39. The monoisotopic (exact) mass is 247 g/mol. The Balaban J connectivity index is 1.81. The molecule has 100 valence electrons. The van der Waals surface area contributed by atoms with Crippen molar-refractivity contribution in [2.75, 3.05) is 0 Å². The van der Waals surface area contributed by atoms with E-state index in [2.05, 4.69) is 38.1 Å². The summed E-state index contributed by atoms with van der Waals surface area (Å²) >= 11 is 0. The third-order valence-electron chi connectivity index (χ3n) is 4.00. The molecule has 0 aliphatic heterocycles. The van der Waals surface area contributed by atoms with Crippen molar-refractivity contribution in [2.24, 2.45) is 11.1 Å². The average Bonchev–Trinajstić information content (AvgIpc) is 2.38. The van der Waals surface area contributed by atoms with Gasteiger partial charge in [-0.3, -0.25) is 0 Å². The minimum absolute atomic E-state index is 0.444. The van der Waals surface area contributed by atoms with Gasteiger partial charge in [0.2, 0.25) is 0 Å². The predicted molar refractivity (Wildman–Crippen MR) is 75.2 cm³/mol. The lowest BCUT2D eigenvalue weighted by Gasteiger charge is -2.34. The van der Waals surface area contributed by atoms with Crippen molar-refractivity contribution in [3.63, 3.8) is 0 Å². The molecule has 1 aromatic carbocycles. The third kappa shape index (κ3) is 3.82. The zero-order valence-corrected chi connectivity index (χ0v) is 11.6. The highest BCUT2D eigenvalue weighted by atomic mass is 16.5. The number of nitrogens with two attached hydrogens (primary N) is 1. The maximum atomic E-state index is 6.02. The van der Waals surface area contributed by atoms with Gasteiger partial charge in [-0.25, -0.2) is 0 Å². The second-order valence-corrected chi connectivity index (χ2v) is 6.20. The molecule has 2 rings (SSSR count). The Labute approximate surface area is 111 Å². The van der Waals surface area contributed by atoms with Crippen LogP contribution in [0.4, 0.5) is 0 Å². The van der Waals surface area contributed by atoms with E-state index >= 15 is 0 Å². The van der Waals surface area contributed by atoms with E-state index in [1.807, 2.05) is 0 Å². The van der Waals surface area contributed by atoms with E-state index in [9.17, 15) is 0 Å². The molecule has 0 saturated heterocycles. The fraction of sp³-hybridized carbons (Fsp3) is 0.625. The Kier molecular flexibility index (Phi) is 4.41. The first-order chi connectivity index (χ1) is 8.59. The number of hydrogen-bond donors (Lipinski definition) is 1. The summed E-state index contributed by atoms with van der Waals surface area (Å²) in [5.41, 5.74) is 8.58. The van der Waals surface area contributed by atoms with E-state index < -0.39 is 0 Å². The molecule has 0 heterocycles. The zero-order chi connectivity index (χ0) is 13.0. The van der Waals surface area contributed by atoms with Gasteiger partial charge in [0.15, 0.2) is 0 Å². The molecule has 0 aromatic heterocycles. The standard InChI is InChI=1S/C16H25NO/c1-16(2)8-6-15(7-9-16)18-12-14-5-3-4-13(10-14)11-17/h3-5,10,15H,6-9,11-12,17H2,1-2H3. The highest BCUT2D eigenvalue weighted by molar-refractivity contribution is 5.22. The van der Waals surface area contributed by atoms with Crippen LogP contribution >= 0.6 is 0 Å². The van der Waals surface area contributed by atoms with Crippen LogP contribution in [-0.4, -0.2) is 6.10 Å². The van der Waals surface area contributed by atoms with Gasteiger partial charge in [0.1, 0.15) is 0 Å². The first-order valence-corrected chi connectivity index (χ1v) is 6.98. The normalized spacial score (nSPS) is 19.9. The molecule has 2 heteroatoms. The maximum Gasteiger partial charge on any atom is 0.0720 e. The molecule has 0 radical (unpaired) electrons. The second kappa shape index (κ2) is 5.85. The molecule has 2 nitrogen and oxygen atoms in total. The minimum Gasteiger partial charge on any atom is -0.374 e. The van der Waals surface area contributed by atoms with Gasteiger partial charge in [0.25, 0.3) is 0 Å². The summed E-state index contributed by atoms with van der Waals surface area (Å²) < 4.78 is 6.02. The molecule has 0 spiro atoms.